The van der Waals surface area contributed by atoms with E-state index in [1.165, 1.54) is 0 Å². The zero-order chi connectivity index (χ0) is 44.2. The molecule has 0 heterocycles. The van der Waals surface area contributed by atoms with E-state index in [9.17, 15) is 4.79 Å². The number of thiol groups is 3. The molecule has 3 aliphatic carbocycles. The third-order valence-electron chi connectivity index (χ3n) is 12.0. The molecule has 3 aliphatic rings. The number of nitrogens with one attached hydrogen (secondary N) is 1. The molecule has 55 heavy (non-hydrogen) atoms. The van der Waals surface area contributed by atoms with Gasteiger partial charge in [-0.2, -0.15) is 37.9 Å². The molecular formula is C49H88N2OS3. The molecule has 0 aromatic carbocycles. The van der Waals surface area contributed by atoms with Gasteiger partial charge in [0, 0.05) is 20.7 Å². The summed E-state index contributed by atoms with van der Waals surface area (Å²) in [6, 6.07) is 0. The summed E-state index contributed by atoms with van der Waals surface area (Å²) in [4.78, 5) is 10.6. The SMILES string of the molecule is C=CC(C(C)S)C(C=C)C(C)S.C=CC1C(C)C(C)C1C=C.C=CC1C(C)C(C)C1C=C.C=CC1C(C)C(C)C1C=C.CC(C)(C)C(=O)NN.CC(C)(C)S. The lowest BCUT2D eigenvalue weighted by Crippen LogP contribution is -2.41. The van der Waals surface area contributed by atoms with Gasteiger partial charge in [-0.1, -0.05) is 146 Å². The summed E-state index contributed by atoms with van der Waals surface area (Å²) in [7, 11) is 0. The van der Waals surface area contributed by atoms with Gasteiger partial charge in [-0.15, -0.1) is 52.6 Å². The molecule has 6 heteroatoms. The molecule has 0 aromatic heterocycles. The Balaban J connectivity index is -0.000000599. The molecule has 0 saturated heterocycles. The van der Waals surface area contributed by atoms with Gasteiger partial charge in [-0.25, -0.2) is 5.84 Å². The first-order valence-electron chi connectivity index (χ1n) is 20.3. The molecule has 0 aromatic rings. The minimum Gasteiger partial charge on any atom is -0.294 e. The highest BCUT2D eigenvalue weighted by molar-refractivity contribution is 7.81. The summed E-state index contributed by atoms with van der Waals surface area (Å²) in [5.74, 6) is 14.4. The summed E-state index contributed by atoms with van der Waals surface area (Å²) in [6.45, 7) is 59.9. The Bertz CT molecular complexity index is 1010. The standard InChI is InChI=1S/C10H18S2.3C10H16.C5H12N2O.C4H10S/c1-5-9(7(3)11)10(6-2)8(4)12;3*1-5-9-7(3)8(4)10(9)6-2;1-5(2,3)4(8)7-6;1-4(2,3)5/h5-12H,1-2H2,3-4H3;3*5-10H,1-2H2,3-4H3;6H2,1-3H3,(H,7,8);5H,1-3H3. The Labute approximate surface area is 359 Å². The number of hydrogen-bond donors (Lipinski definition) is 5. The van der Waals surface area contributed by atoms with Crippen LogP contribution in [-0.4, -0.2) is 21.2 Å². The second kappa shape index (κ2) is 27.9. The molecule has 1 amide bonds. The van der Waals surface area contributed by atoms with Crippen LogP contribution in [0.2, 0.25) is 0 Å². The lowest BCUT2D eigenvalue weighted by atomic mass is 9.58. The Morgan fingerprint density at radius 2 is 0.691 bits per heavy atom. The Hall–Kier alpha value is -1.60. The predicted octanol–water partition coefficient (Wildman–Crippen LogP) is 13.6. The molecule has 0 aliphatic heterocycles. The zero-order valence-electron chi connectivity index (χ0n) is 37.8. The minimum atomic E-state index is -0.366. The van der Waals surface area contributed by atoms with Crippen molar-refractivity contribution in [2.45, 2.75) is 112 Å². The number of hydrazine groups is 1. The van der Waals surface area contributed by atoms with Crippen LogP contribution in [0, 0.1) is 88.3 Å². The van der Waals surface area contributed by atoms with Gasteiger partial charge in [0.2, 0.25) is 5.91 Å². The van der Waals surface area contributed by atoms with Gasteiger partial charge in [-0.05, 0) is 82.9 Å². The molecule has 3 N–H and O–H groups in total. The van der Waals surface area contributed by atoms with Crippen molar-refractivity contribution in [2.75, 3.05) is 0 Å². The fourth-order valence-corrected chi connectivity index (χ4v) is 8.21. The monoisotopic (exact) mass is 817 g/mol. The molecule has 0 spiro atoms. The summed E-state index contributed by atoms with van der Waals surface area (Å²) >= 11 is 12.9. The number of hydrogen-bond acceptors (Lipinski definition) is 5. The normalized spacial score (nSPS) is 32.2. The van der Waals surface area contributed by atoms with E-state index in [0.717, 1.165) is 35.5 Å². The fourth-order valence-electron chi connectivity index (χ4n) is 7.57. The first kappa shape index (κ1) is 57.7. The molecule has 318 valence electrons. The topological polar surface area (TPSA) is 55.1 Å². The molecular weight excluding hydrogens is 729 g/mol. The second-order valence-corrected chi connectivity index (χ2v) is 21.0. The number of carbonyl (C=O) groups is 1. The second-order valence-electron chi connectivity index (χ2n) is 18.0. The van der Waals surface area contributed by atoms with E-state index in [4.69, 9.17) is 5.84 Å². The first-order valence-corrected chi connectivity index (χ1v) is 21.8. The van der Waals surface area contributed by atoms with E-state index in [0.29, 0.717) is 57.8 Å². The van der Waals surface area contributed by atoms with E-state index < -0.39 is 0 Å². The van der Waals surface area contributed by atoms with Gasteiger partial charge in [0.05, 0.1) is 0 Å². The van der Waals surface area contributed by atoms with Crippen molar-refractivity contribution < 1.29 is 4.79 Å². The highest BCUT2D eigenvalue weighted by Gasteiger charge is 2.42. The van der Waals surface area contributed by atoms with Crippen molar-refractivity contribution in [1.29, 1.82) is 0 Å². The van der Waals surface area contributed by atoms with Crippen molar-refractivity contribution in [3.8, 4) is 0 Å². The highest BCUT2D eigenvalue weighted by Crippen LogP contribution is 2.48. The van der Waals surface area contributed by atoms with Crippen LogP contribution in [0.15, 0.2) is 101 Å². The van der Waals surface area contributed by atoms with Crippen molar-refractivity contribution in [3.05, 3.63) is 101 Å². The van der Waals surface area contributed by atoms with E-state index in [1.807, 2.05) is 12.2 Å². The first-order chi connectivity index (χ1) is 25.2. The van der Waals surface area contributed by atoms with Crippen LogP contribution in [0.5, 0.6) is 0 Å². The Kier molecular flexibility index (Phi) is 29.3. The van der Waals surface area contributed by atoms with Crippen LogP contribution in [0.1, 0.15) is 96.9 Å². The van der Waals surface area contributed by atoms with Gasteiger partial charge < -0.3 is 0 Å². The molecule has 0 bridgehead atoms. The van der Waals surface area contributed by atoms with Gasteiger partial charge in [0.15, 0.2) is 0 Å². The van der Waals surface area contributed by atoms with Crippen molar-refractivity contribution in [2.24, 2.45) is 94.1 Å². The van der Waals surface area contributed by atoms with Crippen LogP contribution < -0.4 is 11.3 Å². The molecule has 3 rings (SSSR count). The number of rotatable bonds is 11. The Morgan fingerprint density at radius 1 is 0.527 bits per heavy atom. The lowest BCUT2D eigenvalue weighted by molar-refractivity contribution is -0.128. The summed E-state index contributed by atoms with van der Waals surface area (Å²) in [6.07, 6.45) is 16.3. The van der Waals surface area contributed by atoms with Crippen LogP contribution in [0.25, 0.3) is 0 Å². The largest absolute Gasteiger partial charge is 0.294 e. The third kappa shape index (κ3) is 19.6. The van der Waals surface area contributed by atoms with Crippen molar-refractivity contribution in [3.63, 3.8) is 0 Å². The predicted molar refractivity (Wildman–Crippen MR) is 262 cm³/mol. The van der Waals surface area contributed by atoms with Crippen molar-refractivity contribution >= 4 is 43.8 Å². The fraction of sp³-hybridized carbons (Fsp3) is 0.653. The minimum absolute atomic E-state index is 0.141. The van der Waals surface area contributed by atoms with E-state index in [-0.39, 0.29) is 16.1 Å². The zero-order valence-corrected chi connectivity index (χ0v) is 40.5. The molecule has 16 unspecified atom stereocenters. The van der Waals surface area contributed by atoms with E-state index >= 15 is 0 Å². The maximum atomic E-state index is 10.6. The average Bonchev–Trinajstić information content (AvgIpc) is 3.11. The summed E-state index contributed by atoms with van der Waals surface area (Å²) < 4.78 is 0.194. The number of carbonyl (C=O) groups excluding carboxylic acids is 1. The van der Waals surface area contributed by atoms with Gasteiger partial charge in [0.25, 0.3) is 0 Å². The number of amides is 1. The molecule has 16 atom stereocenters. The van der Waals surface area contributed by atoms with Gasteiger partial charge in [-0.3, -0.25) is 10.2 Å². The summed E-state index contributed by atoms with van der Waals surface area (Å²) in [5.41, 5.74) is 1.70. The number of nitrogens with two attached hydrogens (primary N) is 1. The maximum absolute atomic E-state index is 10.6. The third-order valence-corrected chi connectivity index (χ3v) is 12.7. The Morgan fingerprint density at radius 3 is 0.745 bits per heavy atom. The van der Waals surface area contributed by atoms with E-state index in [1.54, 1.807) is 20.8 Å². The summed E-state index contributed by atoms with van der Waals surface area (Å²) in [5, 5.41) is 0.611. The van der Waals surface area contributed by atoms with Gasteiger partial charge in [0.1, 0.15) is 0 Å². The van der Waals surface area contributed by atoms with Crippen molar-refractivity contribution in [1.82, 2.24) is 5.43 Å². The van der Waals surface area contributed by atoms with E-state index in [2.05, 4.69) is 209 Å². The highest BCUT2D eigenvalue weighted by atomic mass is 32.1. The van der Waals surface area contributed by atoms with Crippen LogP contribution in [0.4, 0.5) is 0 Å². The smallest absolute Gasteiger partial charge is 0.239 e. The number of allylic oxidation sites excluding steroid dienone is 8. The average molecular weight is 817 g/mol. The quantitative estimate of drug-likeness (QED) is 0.0474. The molecule has 3 saturated carbocycles. The molecule has 0 radical (unpaired) electrons. The van der Waals surface area contributed by atoms with Crippen LogP contribution in [0.3, 0.4) is 0 Å². The van der Waals surface area contributed by atoms with Crippen LogP contribution >= 0.6 is 37.9 Å². The van der Waals surface area contributed by atoms with Crippen LogP contribution in [-0.2, 0) is 4.79 Å². The maximum Gasteiger partial charge on any atom is 0.239 e. The lowest BCUT2D eigenvalue weighted by Gasteiger charge is -2.46. The molecule has 3 fully saturated rings. The van der Waals surface area contributed by atoms with Gasteiger partial charge >= 0.3 is 0 Å². The molecule has 3 nitrogen and oxygen atoms in total.